The van der Waals surface area contributed by atoms with Gasteiger partial charge in [0.25, 0.3) is 0 Å². The first-order valence-electron chi connectivity index (χ1n) is 6.66. The molecule has 0 aliphatic rings. The van der Waals surface area contributed by atoms with Gasteiger partial charge in [-0.2, -0.15) is 0 Å². The van der Waals surface area contributed by atoms with Crippen LogP contribution < -0.4 is 10.5 Å². The highest BCUT2D eigenvalue weighted by atomic mass is 35.5. The van der Waals surface area contributed by atoms with Gasteiger partial charge >= 0.3 is 5.97 Å². The molecule has 24 heavy (non-hydrogen) atoms. The van der Waals surface area contributed by atoms with Crippen molar-refractivity contribution in [3.63, 3.8) is 0 Å². The van der Waals surface area contributed by atoms with Crippen molar-refractivity contribution >= 4 is 44.9 Å². The molecule has 2 rings (SSSR count). The molecule has 9 heteroatoms. The third-order valence-electron chi connectivity index (χ3n) is 3.15. The van der Waals surface area contributed by atoms with Crippen LogP contribution in [-0.2, 0) is 21.3 Å². The fraction of sp³-hybridized carbons (Fsp3) is 0.133. The van der Waals surface area contributed by atoms with E-state index in [1.54, 1.807) is 24.3 Å². The number of carbonyl (C=O) groups excluding carboxylic acids is 1. The van der Waals surface area contributed by atoms with Gasteiger partial charge in [0.2, 0.25) is 10.0 Å². The fourth-order valence-electron chi connectivity index (χ4n) is 1.99. The topological polar surface area (TPSA) is 98.5 Å². The molecule has 0 saturated carbocycles. The summed E-state index contributed by atoms with van der Waals surface area (Å²) in [6.45, 7) is 0.00216. The van der Waals surface area contributed by atoms with Crippen LogP contribution in [0.15, 0.2) is 41.3 Å². The van der Waals surface area contributed by atoms with Crippen LogP contribution in [0.1, 0.15) is 15.9 Å². The number of nitrogen functional groups attached to an aromatic ring is 1. The van der Waals surface area contributed by atoms with E-state index < -0.39 is 16.0 Å². The fourth-order valence-corrected chi connectivity index (χ4v) is 3.99. The second-order valence-electron chi connectivity index (χ2n) is 4.82. The van der Waals surface area contributed by atoms with Crippen LogP contribution in [0, 0.1) is 0 Å². The largest absolute Gasteiger partial charge is 0.465 e. The lowest BCUT2D eigenvalue weighted by molar-refractivity contribution is 0.0600. The van der Waals surface area contributed by atoms with Crippen molar-refractivity contribution in [3.05, 3.63) is 57.6 Å². The first-order valence-corrected chi connectivity index (χ1v) is 8.90. The Morgan fingerprint density at radius 1 is 1.21 bits per heavy atom. The predicted molar refractivity (Wildman–Crippen MR) is 92.7 cm³/mol. The van der Waals surface area contributed by atoms with E-state index >= 15 is 0 Å². The summed E-state index contributed by atoms with van der Waals surface area (Å²) in [5.41, 5.74) is 6.68. The Morgan fingerprint density at radius 3 is 2.38 bits per heavy atom. The van der Waals surface area contributed by atoms with Crippen LogP contribution in [0.2, 0.25) is 10.0 Å². The number of ether oxygens (including phenoxy) is 1. The minimum Gasteiger partial charge on any atom is -0.465 e. The van der Waals surface area contributed by atoms with Crippen molar-refractivity contribution in [1.82, 2.24) is 4.72 Å². The van der Waals surface area contributed by atoms with Gasteiger partial charge in [0, 0.05) is 11.6 Å². The Morgan fingerprint density at radius 2 is 1.83 bits per heavy atom. The monoisotopic (exact) mass is 388 g/mol. The Kier molecular flexibility index (Phi) is 5.71. The summed E-state index contributed by atoms with van der Waals surface area (Å²) in [6, 6.07) is 8.92. The van der Waals surface area contributed by atoms with Crippen LogP contribution >= 0.6 is 23.2 Å². The highest BCUT2D eigenvalue weighted by Gasteiger charge is 2.21. The highest BCUT2D eigenvalue weighted by molar-refractivity contribution is 7.89. The number of sulfonamides is 1. The molecule has 0 aliphatic heterocycles. The summed E-state index contributed by atoms with van der Waals surface area (Å²) in [6.07, 6.45) is 0. The van der Waals surface area contributed by atoms with Gasteiger partial charge in [-0.3, -0.25) is 0 Å². The maximum absolute atomic E-state index is 12.4. The minimum atomic E-state index is -3.92. The van der Waals surface area contributed by atoms with Crippen molar-refractivity contribution in [2.75, 3.05) is 12.8 Å². The molecule has 2 aromatic carbocycles. The van der Waals surface area contributed by atoms with Crippen LogP contribution in [0.3, 0.4) is 0 Å². The summed E-state index contributed by atoms with van der Waals surface area (Å²) >= 11 is 11.7. The van der Waals surface area contributed by atoms with E-state index in [0.29, 0.717) is 11.1 Å². The lowest BCUT2D eigenvalue weighted by Crippen LogP contribution is -2.24. The number of halogens is 2. The number of nitrogens with two attached hydrogens (primary N) is 1. The lowest BCUT2D eigenvalue weighted by Gasteiger charge is -2.11. The molecule has 0 amide bonds. The van der Waals surface area contributed by atoms with Crippen molar-refractivity contribution in [2.45, 2.75) is 11.4 Å². The van der Waals surface area contributed by atoms with Gasteiger partial charge in [0.05, 0.1) is 23.4 Å². The molecule has 3 N–H and O–H groups in total. The highest BCUT2D eigenvalue weighted by Crippen LogP contribution is 2.31. The molecule has 0 atom stereocenters. The minimum absolute atomic E-state index is 0.00216. The number of carbonyl (C=O) groups is 1. The van der Waals surface area contributed by atoms with E-state index in [0.717, 1.165) is 0 Å². The molecule has 0 heterocycles. The summed E-state index contributed by atoms with van der Waals surface area (Å²) in [7, 11) is -2.64. The van der Waals surface area contributed by atoms with Gasteiger partial charge < -0.3 is 10.5 Å². The van der Waals surface area contributed by atoms with E-state index in [1.807, 2.05) is 0 Å². The van der Waals surface area contributed by atoms with Gasteiger partial charge in [0.15, 0.2) is 0 Å². The molecule has 2 aromatic rings. The second-order valence-corrected chi connectivity index (χ2v) is 7.37. The number of esters is 1. The predicted octanol–water partition coefficient (Wildman–Crippen LogP) is 2.84. The Hall–Kier alpha value is -1.80. The lowest BCUT2D eigenvalue weighted by atomic mass is 10.1. The zero-order chi connectivity index (χ0) is 17.9. The summed E-state index contributed by atoms with van der Waals surface area (Å²) in [4.78, 5) is 11.1. The Labute approximate surface area is 149 Å². The van der Waals surface area contributed by atoms with Crippen LogP contribution in [-0.4, -0.2) is 21.5 Å². The molecule has 0 spiro atoms. The molecule has 0 aliphatic carbocycles. The molecule has 0 unspecified atom stereocenters. The molecule has 0 radical (unpaired) electrons. The van der Waals surface area contributed by atoms with Crippen molar-refractivity contribution in [1.29, 1.82) is 0 Å². The van der Waals surface area contributed by atoms with Crippen LogP contribution in [0.25, 0.3) is 0 Å². The van der Waals surface area contributed by atoms with Gasteiger partial charge in [-0.05, 0) is 29.8 Å². The first kappa shape index (κ1) is 18.5. The maximum Gasteiger partial charge on any atom is 0.337 e. The smallest absolute Gasteiger partial charge is 0.337 e. The number of anilines is 1. The number of hydrogen-bond donors (Lipinski definition) is 2. The molecule has 128 valence electrons. The third kappa shape index (κ3) is 4.18. The van der Waals surface area contributed by atoms with E-state index in [4.69, 9.17) is 28.9 Å². The standard InChI is InChI=1S/C15H14Cl2N2O4S/c1-23-15(20)10-4-2-9(3-5-10)8-19-24(21,22)14-12(17)6-11(16)7-13(14)18/h2-7,19H,8,18H2,1H3. The van der Waals surface area contributed by atoms with Gasteiger partial charge in [-0.1, -0.05) is 35.3 Å². The first-order chi connectivity index (χ1) is 11.2. The van der Waals surface area contributed by atoms with Crippen LogP contribution in [0.4, 0.5) is 5.69 Å². The Bertz CT molecular complexity index is 845. The van der Waals surface area contributed by atoms with Crippen molar-refractivity contribution < 1.29 is 17.9 Å². The summed E-state index contributed by atoms with van der Waals surface area (Å²) in [5.74, 6) is -0.470. The number of benzene rings is 2. The van der Waals surface area contributed by atoms with E-state index in [9.17, 15) is 13.2 Å². The average molecular weight is 389 g/mol. The molecular weight excluding hydrogens is 375 g/mol. The zero-order valence-corrected chi connectivity index (χ0v) is 14.9. The van der Waals surface area contributed by atoms with E-state index in [-0.39, 0.29) is 27.2 Å². The average Bonchev–Trinajstić information content (AvgIpc) is 2.51. The third-order valence-corrected chi connectivity index (χ3v) is 5.29. The number of rotatable bonds is 5. The van der Waals surface area contributed by atoms with Crippen molar-refractivity contribution in [2.24, 2.45) is 0 Å². The second kappa shape index (κ2) is 7.40. The molecule has 6 nitrogen and oxygen atoms in total. The molecule has 0 saturated heterocycles. The molecular formula is C15H14Cl2N2O4S. The number of nitrogens with one attached hydrogen (secondary N) is 1. The SMILES string of the molecule is COC(=O)c1ccc(CNS(=O)(=O)c2c(N)cc(Cl)cc2Cl)cc1. The quantitative estimate of drug-likeness (QED) is 0.605. The Balaban J connectivity index is 2.18. The van der Waals surface area contributed by atoms with Gasteiger partial charge in [-0.15, -0.1) is 0 Å². The van der Waals surface area contributed by atoms with Gasteiger partial charge in [-0.25, -0.2) is 17.9 Å². The van der Waals surface area contributed by atoms with E-state index in [2.05, 4.69) is 9.46 Å². The van der Waals surface area contributed by atoms with Crippen molar-refractivity contribution in [3.8, 4) is 0 Å². The molecule has 0 bridgehead atoms. The molecule has 0 fully saturated rings. The van der Waals surface area contributed by atoms with Gasteiger partial charge in [0.1, 0.15) is 4.90 Å². The normalized spacial score (nSPS) is 11.3. The maximum atomic E-state index is 12.4. The summed E-state index contributed by atoms with van der Waals surface area (Å²) < 4.78 is 31.8. The van der Waals surface area contributed by atoms with Crippen LogP contribution in [0.5, 0.6) is 0 Å². The number of methoxy groups -OCH3 is 1. The van der Waals surface area contributed by atoms with E-state index in [1.165, 1.54) is 19.2 Å². The zero-order valence-electron chi connectivity index (χ0n) is 12.5. The summed E-state index contributed by atoms with van der Waals surface area (Å²) in [5, 5.41) is 0.184. The molecule has 0 aromatic heterocycles. The number of hydrogen-bond acceptors (Lipinski definition) is 5.